The SMILES string of the molecule is COc1ccc(/C=N\NC(=O)c2cnn(CC(O)c3ccccc3)c2N)cc1OCc1ccc(Cl)cc1. The molecule has 1 aromatic heterocycles. The van der Waals surface area contributed by atoms with Crippen molar-refractivity contribution in [1.29, 1.82) is 0 Å². The number of benzene rings is 3. The van der Waals surface area contributed by atoms with Crippen LogP contribution in [-0.2, 0) is 13.2 Å². The van der Waals surface area contributed by atoms with Gasteiger partial charge in [0, 0.05) is 5.02 Å². The van der Waals surface area contributed by atoms with E-state index in [-0.39, 0.29) is 17.9 Å². The van der Waals surface area contributed by atoms with E-state index in [1.165, 1.54) is 17.1 Å². The van der Waals surface area contributed by atoms with Gasteiger partial charge in [0.05, 0.1) is 32.2 Å². The molecule has 0 saturated carbocycles. The third kappa shape index (κ3) is 6.66. The van der Waals surface area contributed by atoms with Gasteiger partial charge < -0.3 is 20.3 Å². The van der Waals surface area contributed by atoms with Crippen molar-refractivity contribution in [2.45, 2.75) is 19.3 Å². The average Bonchev–Trinajstić information content (AvgIpc) is 3.28. The molecule has 4 rings (SSSR count). The zero-order valence-corrected chi connectivity index (χ0v) is 20.8. The van der Waals surface area contributed by atoms with Gasteiger partial charge >= 0.3 is 0 Å². The van der Waals surface area contributed by atoms with Crippen LogP contribution in [0.5, 0.6) is 11.5 Å². The van der Waals surface area contributed by atoms with Crippen LogP contribution in [0, 0.1) is 0 Å². The summed E-state index contributed by atoms with van der Waals surface area (Å²) >= 11 is 5.93. The zero-order valence-electron chi connectivity index (χ0n) is 20.0. The van der Waals surface area contributed by atoms with Crippen LogP contribution in [0.15, 0.2) is 84.1 Å². The molecule has 1 amide bonds. The molecule has 3 aromatic carbocycles. The van der Waals surface area contributed by atoms with Crippen molar-refractivity contribution in [3.05, 3.63) is 106 Å². The molecule has 0 aliphatic carbocycles. The number of hydrogen-bond donors (Lipinski definition) is 3. The quantitative estimate of drug-likeness (QED) is 0.213. The molecule has 0 aliphatic rings. The van der Waals surface area contributed by atoms with Gasteiger partial charge in [-0.2, -0.15) is 10.2 Å². The second-order valence-electron chi connectivity index (χ2n) is 8.08. The van der Waals surface area contributed by atoms with E-state index in [0.29, 0.717) is 28.7 Å². The topological polar surface area (TPSA) is 124 Å². The standard InChI is InChI=1S/C27H26ClN5O4/c1-36-24-12-9-19(13-25(24)37-17-18-7-10-21(28)11-8-18)14-30-32-27(35)22-15-31-33(26(22)29)16-23(34)20-5-3-2-4-6-20/h2-15,23,34H,16-17,29H2,1H3,(H,32,35)/b30-14-. The third-order valence-corrected chi connectivity index (χ3v) is 5.78. The number of carbonyl (C=O) groups is 1. The van der Waals surface area contributed by atoms with Gasteiger partial charge in [-0.05, 0) is 47.0 Å². The van der Waals surface area contributed by atoms with Crippen molar-refractivity contribution in [2.24, 2.45) is 5.10 Å². The highest BCUT2D eigenvalue weighted by atomic mass is 35.5. The van der Waals surface area contributed by atoms with E-state index in [1.807, 2.05) is 30.3 Å². The Labute approximate surface area is 219 Å². The largest absolute Gasteiger partial charge is 0.493 e. The van der Waals surface area contributed by atoms with E-state index in [4.69, 9.17) is 26.8 Å². The smallest absolute Gasteiger partial charge is 0.276 e. The Bertz CT molecular complexity index is 1370. The van der Waals surface area contributed by atoms with E-state index in [2.05, 4.69) is 15.6 Å². The number of anilines is 1. The fourth-order valence-electron chi connectivity index (χ4n) is 3.51. The Hall–Kier alpha value is -4.34. The number of nitrogens with two attached hydrogens (primary N) is 1. The first-order valence-electron chi connectivity index (χ1n) is 11.4. The van der Waals surface area contributed by atoms with E-state index >= 15 is 0 Å². The average molecular weight is 520 g/mol. The van der Waals surface area contributed by atoms with Crippen LogP contribution in [0.4, 0.5) is 5.82 Å². The summed E-state index contributed by atoms with van der Waals surface area (Å²) in [5.74, 6) is 0.690. The van der Waals surface area contributed by atoms with Gasteiger partial charge in [-0.15, -0.1) is 0 Å². The number of nitrogens with one attached hydrogen (secondary N) is 1. The van der Waals surface area contributed by atoms with Crippen molar-refractivity contribution in [2.75, 3.05) is 12.8 Å². The number of aliphatic hydroxyl groups excluding tert-OH is 1. The van der Waals surface area contributed by atoms with Crippen LogP contribution in [0.1, 0.15) is 33.2 Å². The van der Waals surface area contributed by atoms with Gasteiger partial charge in [-0.1, -0.05) is 54.1 Å². The monoisotopic (exact) mass is 519 g/mol. The summed E-state index contributed by atoms with van der Waals surface area (Å²) in [7, 11) is 1.56. The number of methoxy groups -OCH3 is 1. The maximum absolute atomic E-state index is 12.6. The summed E-state index contributed by atoms with van der Waals surface area (Å²) < 4.78 is 12.7. The number of carbonyl (C=O) groups excluding carboxylic acids is 1. The summed E-state index contributed by atoms with van der Waals surface area (Å²) in [6.45, 7) is 0.435. The van der Waals surface area contributed by atoms with E-state index in [9.17, 15) is 9.90 Å². The van der Waals surface area contributed by atoms with Crippen LogP contribution in [-0.4, -0.2) is 34.1 Å². The molecule has 0 fully saturated rings. The number of ether oxygens (including phenoxy) is 2. The third-order valence-electron chi connectivity index (χ3n) is 5.53. The molecule has 1 unspecified atom stereocenters. The Morgan fingerprint density at radius 3 is 2.65 bits per heavy atom. The first-order valence-corrected chi connectivity index (χ1v) is 11.8. The number of hydrogen-bond acceptors (Lipinski definition) is 7. The minimum Gasteiger partial charge on any atom is -0.493 e. The number of aliphatic hydroxyl groups is 1. The Kier molecular flexibility index (Phi) is 8.40. The van der Waals surface area contributed by atoms with Gasteiger partial charge in [0.15, 0.2) is 11.5 Å². The Morgan fingerprint density at radius 2 is 1.92 bits per heavy atom. The summed E-state index contributed by atoms with van der Waals surface area (Å²) in [5.41, 5.74) is 11.1. The number of aromatic nitrogens is 2. The lowest BCUT2D eigenvalue weighted by atomic mass is 10.1. The first kappa shape index (κ1) is 25.7. The summed E-state index contributed by atoms with van der Waals surface area (Å²) in [4.78, 5) is 12.6. The molecule has 0 saturated heterocycles. The van der Waals surface area contributed by atoms with Crippen molar-refractivity contribution >= 4 is 29.5 Å². The molecule has 190 valence electrons. The second kappa shape index (κ2) is 12.1. The van der Waals surface area contributed by atoms with Crippen LogP contribution in [0.2, 0.25) is 5.02 Å². The van der Waals surface area contributed by atoms with E-state index in [0.717, 1.165) is 11.1 Å². The number of amides is 1. The fourth-order valence-corrected chi connectivity index (χ4v) is 3.64. The molecule has 0 bridgehead atoms. The van der Waals surface area contributed by atoms with E-state index < -0.39 is 12.0 Å². The predicted octanol–water partition coefficient (Wildman–Crippen LogP) is 4.20. The molecule has 37 heavy (non-hydrogen) atoms. The highest BCUT2D eigenvalue weighted by molar-refractivity contribution is 6.30. The molecule has 0 radical (unpaired) electrons. The Balaban J connectivity index is 1.38. The maximum atomic E-state index is 12.6. The lowest BCUT2D eigenvalue weighted by molar-refractivity contribution is 0.0955. The van der Waals surface area contributed by atoms with Crippen LogP contribution >= 0.6 is 11.6 Å². The van der Waals surface area contributed by atoms with Gasteiger partial charge in [0.25, 0.3) is 5.91 Å². The van der Waals surface area contributed by atoms with Crippen molar-refractivity contribution in [3.63, 3.8) is 0 Å². The summed E-state index contributed by atoms with van der Waals surface area (Å²) in [6, 6.07) is 21.8. The molecular weight excluding hydrogens is 494 g/mol. The Morgan fingerprint density at radius 1 is 1.16 bits per heavy atom. The maximum Gasteiger partial charge on any atom is 0.276 e. The highest BCUT2D eigenvalue weighted by Gasteiger charge is 2.17. The van der Waals surface area contributed by atoms with Crippen LogP contribution < -0.4 is 20.6 Å². The normalized spacial score (nSPS) is 11.9. The zero-order chi connectivity index (χ0) is 26.2. The highest BCUT2D eigenvalue weighted by Crippen LogP contribution is 2.28. The number of hydrazone groups is 1. The van der Waals surface area contributed by atoms with Gasteiger partial charge in [0.1, 0.15) is 18.0 Å². The molecule has 10 heteroatoms. The molecule has 4 N–H and O–H groups in total. The van der Waals surface area contributed by atoms with Crippen LogP contribution in [0.25, 0.3) is 0 Å². The summed E-state index contributed by atoms with van der Waals surface area (Å²) in [5, 5.41) is 19.2. The molecule has 4 aromatic rings. The van der Waals surface area contributed by atoms with Gasteiger partial charge in [0.2, 0.25) is 0 Å². The first-order chi connectivity index (χ1) is 17.9. The minimum absolute atomic E-state index is 0.108. The molecule has 0 spiro atoms. The molecular formula is C27H26ClN5O4. The molecule has 1 atom stereocenters. The van der Waals surface area contributed by atoms with Crippen molar-refractivity contribution in [3.8, 4) is 11.5 Å². The van der Waals surface area contributed by atoms with Gasteiger partial charge in [-0.3, -0.25) is 4.79 Å². The minimum atomic E-state index is -0.816. The lowest BCUT2D eigenvalue weighted by Gasteiger charge is -2.12. The van der Waals surface area contributed by atoms with Crippen molar-refractivity contribution in [1.82, 2.24) is 15.2 Å². The predicted molar refractivity (Wildman–Crippen MR) is 142 cm³/mol. The fraction of sp³-hybridized carbons (Fsp3) is 0.148. The number of nitrogens with zero attached hydrogens (tertiary/aromatic N) is 3. The van der Waals surface area contributed by atoms with Crippen LogP contribution in [0.3, 0.4) is 0 Å². The number of halogens is 1. The lowest BCUT2D eigenvalue weighted by Crippen LogP contribution is -2.19. The number of nitrogen functional groups attached to an aromatic ring is 1. The van der Waals surface area contributed by atoms with Gasteiger partial charge in [-0.25, -0.2) is 10.1 Å². The molecule has 1 heterocycles. The summed E-state index contributed by atoms with van der Waals surface area (Å²) in [6.07, 6.45) is 2.00. The second-order valence-corrected chi connectivity index (χ2v) is 8.51. The number of rotatable bonds is 10. The van der Waals surface area contributed by atoms with Crippen molar-refractivity contribution < 1.29 is 19.4 Å². The molecule has 0 aliphatic heterocycles. The molecule has 9 nitrogen and oxygen atoms in total. The van der Waals surface area contributed by atoms with E-state index in [1.54, 1.807) is 49.6 Å².